The summed E-state index contributed by atoms with van der Waals surface area (Å²) in [5.74, 6) is 0.613. The molecule has 0 spiro atoms. The van der Waals surface area contributed by atoms with Gasteiger partial charge in [0.25, 0.3) is 0 Å². The normalized spacial score (nSPS) is 16.5. The summed E-state index contributed by atoms with van der Waals surface area (Å²) in [6, 6.07) is 17.7. The lowest BCUT2D eigenvalue weighted by Gasteiger charge is -2.33. The maximum atomic E-state index is 4.82. The Morgan fingerprint density at radius 3 is 2.75 bits per heavy atom. The fourth-order valence-electron chi connectivity index (χ4n) is 4.36. The molecule has 5 rings (SSSR count). The Morgan fingerprint density at radius 2 is 1.94 bits per heavy atom. The SMILES string of the molecule is Cc1ccc(C)c(Cn2ccc3cnc(Nc4ccc(N5CCN[C@H](C)C5)cc4)nc32)c1. The summed E-state index contributed by atoms with van der Waals surface area (Å²) in [5, 5.41) is 7.91. The van der Waals surface area contributed by atoms with Crippen molar-refractivity contribution in [1.29, 1.82) is 0 Å². The van der Waals surface area contributed by atoms with Crippen LogP contribution in [0.1, 0.15) is 23.6 Å². The first-order chi connectivity index (χ1) is 15.5. The van der Waals surface area contributed by atoms with Crippen LogP contribution in [0.25, 0.3) is 11.0 Å². The van der Waals surface area contributed by atoms with Gasteiger partial charge in [0.2, 0.25) is 5.95 Å². The molecule has 1 fully saturated rings. The summed E-state index contributed by atoms with van der Waals surface area (Å²) in [6.45, 7) is 10.4. The molecular formula is C26H30N6. The molecule has 6 heteroatoms. The van der Waals surface area contributed by atoms with Crippen molar-refractivity contribution in [2.45, 2.75) is 33.4 Å². The molecule has 3 heterocycles. The molecule has 32 heavy (non-hydrogen) atoms. The Hall–Kier alpha value is -3.38. The lowest BCUT2D eigenvalue weighted by Crippen LogP contribution is -2.49. The van der Waals surface area contributed by atoms with Crippen molar-refractivity contribution in [3.63, 3.8) is 0 Å². The summed E-state index contributed by atoms with van der Waals surface area (Å²) < 4.78 is 2.19. The van der Waals surface area contributed by atoms with Crippen molar-refractivity contribution in [3.05, 3.63) is 77.6 Å². The van der Waals surface area contributed by atoms with E-state index in [9.17, 15) is 0 Å². The van der Waals surface area contributed by atoms with Crippen molar-refractivity contribution in [2.24, 2.45) is 0 Å². The zero-order valence-corrected chi connectivity index (χ0v) is 19.0. The van der Waals surface area contributed by atoms with Gasteiger partial charge in [0.1, 0.15) is 5.65 Å². The molecule has 6 nitrogen and oxygen atoms in total. The van der Waals surface area contributed by atoms with Crippen LogP contribution in [-0.2, 0) is 6.54 Å². The minimum Gasteiger partial charge on any atom is -0.369 e. The third-order valence-corrected chi connectivity index (χ3v) is 6.20. The van der Waals surface area contributed by atoms with Crippen molar-refractivity contribution >= 4 is 28.4 Å². The molecule has 1 aliphatic rings. The maximum Gasteiger partial charge on any atom is 0.229 e. The van der Waals surface area contributed by atoms with Crippen LogP contribution in [0.5, 0.6) is 0 Å². The highest BCUT2D eigenvalue weighted by Gasteiger charge is 2.15. The van der Waals surface area contributed by atoms with Crippen LogP contribution in [0.15, 0.2) is 60.9 Å². The van der Waals surface area contributed by atoms with Crippen LogP contribution < -0.4 is 15.5 Å². The highest BCUT2D eigenvalue weighted by atomic mass is 15.2. The number of hydrogen-bond acceptors (Lipinski definition) is 5. The van der Waals surface area contributed by atoms with Gasteiger partial charge in [0.15, 0.2) is 0 Å². The van der Waals surface area contributed by atoms with Crippen LogP contribution in [0.2, 0.25) is 0 Å². The summed E-state index contributed by atoms with van der Waals surface area (Å²) in [7, 11) is 0. The summed E-state index contributed by atoms with van der Waals surface area (Å²) >= 11 is 0. The second-order valence-electron chi connectivity index (χ2n) is 8.82. The predicted molar refractivity (Wildman–Crippen MR) is 132 cm³/mol. The second kappa shape index (κ2) is 8.63. The number of aromatic nitrogens is 3. The molecule has 0 radical (unpaired) electrons. The third-order valence-electron chi connectivity index (χ3n) is 6.20. The van der Waals surface area contributed by atoms with Gasteiger partial charge in [-0.15, -0.1) is 0 Å². The number of anilines is 3. The molecule has 0 bridgehead atoms. The lowest BCUT2D eigenvalue weighted by atomic mass is 10.1. The summed E-state index contributed by atoms with van der Waals surface area (Å²) in [6.07, 6.45) is 3.98. The molecule has 1 aliphatic heterocycles. The fraction of sp³-hybridized carbons (Fsp3) is 0.308. The zero-order chi connectivity index (χ0) is 22.1. The van der Waals surface area contributed by atoms with Gasteiger partial charge in [-0.25, -0.2) is 4.98 Å². The molecule has 0 saturated carbocycles. The molecule has 2 aromatic heterocycles. The lowest BCUT2D eigenvalue weighted by molar-refractivity contribution is 0.485. The largest absolute Gasteiger partial charge is 0.369 e. The van der Waals surface area contributed by atoms with E-state index in [4.69, 9.17) is 4.98 Å². The Balaban J connectivity index is 1.35. The van der Waals surface area contributed by atoms with Crippen molar-refractivity contribution in [2.75, 3.05) is 29.9 Å². The van der Waals surface area contributed by atoms with Crippen molar-refractivity contribution in [1.82, 2.24) is 19.9 Å². The number of piperazine rings is 1. The van der Waals surface area contributed by atoms with E-state index in [1.165, 1.54) is 22.4 Å². The van der Waals surface area contributed by atoms with E-state index < -0.39 is 0 Å². The Bertz CT molecular complexity index is 1230. The van der Waals surface area contributed by atoms with Gasteiger partial charge in [-0.2, -0.15) is 4.98 Å². The van der Waals surface area contributed by atoms with E-state index in [0.717, 1.165) is 42.9 Å². The molecule has 0 amide bonds. The monoisotopic (exact) mass is 426 g/mol. The molecule has 0 unspecified atom stereocenters. The standard InChI is InChI=1S/C26H30N6/c1-18-4-5-19(2)22(14-18)17-32-12-10-21-15-28-26(30-25(21)32)29-23-6-8-24(9-7-23)31-13-11-27-20(3)16-31/h4-10,12,14-15,20,27H,11,13,16-17H2,1-3H3,(H,28,29,30)/t20-/m1/s1. The Labute approximate surface area is 189 Å². The molecule has 2 N–H and O–H groups in total. The maximum absolute atomic E-state index is 4.82. The molecular weight excluding hydrogens is 396 g/mol. The van der Waals surface area contributed by atoms with Gasteiger partial charge in [0.05, 0.1) is 0 Å². The molecule has 4 aromatic rings. The van der Waals surface area contributed by atoms with Gasteiger partial charge in [0, 0.05) is 61.4 Å². The Morgan fingerprint density at radius 1 is 1.09 bits per heavy atom. The van der Waals surface area contributed by atoms with Crippen LogP contribution >= 0.6 is 0 Å². The van der Waals surface area contributed by atoms with Gasteiger partial charge in [-0.3, -0.25) is 0 Å². The minimum absolute atomic E-state index is 0.515. The Kier molecular flexibility index (Phi) is 5.53. The molecule has 1 saturated heterocycles. The number of benzene rings is 2. The number of hydrogen-bond donors (Lipinski definition) is 2. The number of fused-ring (bicyclic) bond motifs is 1. The third kappa shape index (κ3) is 4.32. The number of nitrogens with one attached hydrogen (secondary N) is 2. The molecule has 0 aliphatic carbocycles. The van der Waals surface area contributed by atoms with E-state index in [2.05, 4.69) is 101 Å². The quantitative estimate of drug-likeness (QED) is 0.487. The molecule has 164 valence electrons. The molecule has 2 aromatic carbocycles. The van der Waals surface area contributed by atoms with Crippen LogP contribution in [0.4, 0.5) is 17.3 Å². The van der Waals surface area contributed by atoms with Crippen LogP contribution in [0, 0.1) is 13.8 Å². The minimum atomic E-state index is 0.515. The fourth-order valence-corrected chi connectivity index (χ4v) is 4.36. The van der Waals surface area contributed by atoms with E-state index >= 15 is 0 Å². The van der Waals surface area contributed by atoms with E-state index in [1.807, 2.05) is 6.20 Å². The number of nitrogens with zero attached hydrogens (tertiary/aromatic N) is 4. The van der Waals surface area contributed by atoms with Crippen molar-refractivity contribution in [3.8, 4) is 0 Å². The highest BCUT2D eigenvalue weighted by molar-refractivity contribution is 5.77. The number of rotatable bonds is 5. The zero-order valence-electron chi connectivity index (χ0n) is 19.0. The number of aryl methyl sites for hydroxylation is 2. The van der Waals surface area contributed by atoms with E-state index in [-0.39, 0.29) is 0 Å². The molecule has 1 atom stereocenters. The first-order valence-corrected chi connectivity index (χ1v) is 11.3. The second-order valence-corrected chi connectivity index (χ2v) is 8.82. The highest BCUT2D eigenvalue weighted by Crippen LogP contribution is 2.23. The van der Waals surface area contributed by atoms with E-state index in [1.54, 1.807) is 0 Å². The first-order valence-electron chi connectivity index (χ1n) is 11.3. The topological polar surface area (TPSA) is 58.0 Å². The first kappa shape index (κ1) is 20.5. The summed E-state index contributed by atoms with van der Waals surface area (Å²) in [4.78, 5) is 11.8. The average molecular weight is 427 g/mol. The van der Waals surface area contributed by atoms with Gasteiger partial charge < -0.3 is 20.1 Å². The average Bonchev–Trinajstić information content (AvgIpc) is 3.19. The van der Waals surface area contributed by atoms with Crippen LogP contribution in [0.3, 0.4) is 0 Å². The van der Waals surface area contributed by atoms with E-state index in [0.29, 0.717) is 12.0 Å². The van der Waals surface area contributed by atoms with Crippen LogP contribution in [-0.4, -0.2) is 40.2 Å². The predicted octanol–water partition coefficient (Wildman–Crippen LogP) is 4.64. The van der Waals surface area contributed by atoms with Gasteiger partial charge in [-0.05, 0) is 62.2 Å². The summed E-state index contributed by atoms with van der Waals surface area (Å²) in [5.41, 5.74) is 7.07. The van der Waals surface area contributed by atoms with Crippen molar-refractivity contribution < 1.29 is 0 Å². The smallest absolute Gasteiger partial charge is 0.229 e. The van der Waals surface area contributed by atoms with Gasteiger partial charge in [-0.1, -0.05) is 23.8 Å². The van der Waals surface area contributed by atoms with Gasteiger partial charge >= 0.3 is 0 Å².